The first-order chi connectivity index (χ1) is 12.0. The van der Waals surface area contributed by atoms with Crippen molar-refractivity contribution in [2.45, 2.75) is 32.2 Å². The first kappa shape index (κ1) is 17.5. The van der Waals surface area contributed by atoms with Crippen LogP contribution < -0.4 is 10.1 Å². The number of ether oxygens (including phenoxy) is 1. The quantitative estimate of drug-likeness (QED) is 0.814. The smallest absolute Gasteiger partial charge is 0.220 e. The number of amides is 1. The molecule has 2 aromatic carbocycles. The van der Waals surface area contributed by atoms with E-state index in [9.17, 15) is 9.59 Å². The number of aryl methyl sites for hydroxylation is 1. The Morgan fingerprint density at radius 1 is 1.16 bits per heavy atom. The van der Waals surface area contributed by atoms with E-state index in [-0.39, 0.29) is 30.6 Å². The van der Waals surface area contributed by atoms with E-state index in [1.807, 2.05) is 25.1 Å². The summed E-state index contributed by atoms with van der Waals surface area (Å²) in [6.45, 7) is 2.59. The van der Waals surface area contributed by atoms with Crippen LogP contribution in [0.25, 0.3) is 0 Å². The lowest BCUT2D eigenvalue weighted by atomic mass is 9.98. The summed E-state index contributed by atoms with van der Waals surface area (Å²) in [6.07, 6.45) is 1.07. The van der Waals surface area contributed by atoms with Crippen LogP contribution in [0.1, 0.15) is 46.8 Å². The number of ketones is 1. The number of hydrogen-bond acceptors (Lipinski definition) is 3. The number of fused-ring (bicyclic) bond motifs is 1. The van der Waals surface area contributed by atoms with Gasteiger partial charge < -0.3 is 10.1 Å². The third-order valence-electron chi connectivity index (χ3n) is 4.29. The average Bonchev–Trinajstić information content (AvgIpc) is 2.61. The molecule has 0 saturated carbocycles. The van der Waals surface area contributed by atoms with Crippen molar-refractivity contribution in [1.82, 2.24) is 5.32 Å². The normalized spacial score (nSPS) is 15.8. The predicted octanol–water partition coefficient (Wildman–Crippen LogP) is 4.25. The summed E-state index contributed by atoms with van der Waals surface area (Å²) in [4.78, 5) is 24.4. The van der Waals surface area contributed by atoms with Crippen molar-refractivity contribution in [2.75, 3.05) is 6.61 Å². The van der Waals surface area contributed by atoms with Crippen LogP contribution in [0.15, 0.2) is 42.5 Å². The Balaban J connectivity index is 1.58. The highest BCUT2D eigenvalue weighted by molar-refractivity contribution is 6.30. The standard InChI is InChI=1S/C20H20ClNO3/c1-13-2-8-19-16(12-13)17(10-11-25-19)22-20(24)9-7-18(23)14-3-5-15(21)6-4-14/h2-6,8,12,17H,7,9-11H2,1H3,(H,22,24). The van der Waals surface area contributed by atoms with E-state index in [1.165, 1.54) is 0 Å². The second-order valence-electron chi connectivity index (χ2n) is 6.23. The molecule has 0 aliphatic carbocycles. The van der Waals surface area contributed by atoms with Crippen LogP contribution in [0, 0.1) is 6.92 Å². The molecule has 130 valence electrons. The van der Waals surface area contributed by atoms with Gasteiger partial charge in [0.05, 0.1) is 12.6 Å². The number of hydrogen-bond donors (Lipinski definition) is 1. The second kappa shape index (κ2) is 7.70. The number of benzene rings is 2. The Hall–Kier alpha value is -2.33. The van der Waals surface area contributed by atoms with Crippen LogP contribution in [0.4, 0.5) is 0 Å². The van der Waals surface area contributed by atoms with Crippen LogP contribution >= 0.6 is 11.6 Å². The molecular formula is C20H20ClNO3. The van der Waals surface area contributed by atoms with Gasteiger partial charge in [-0.25, -0.2) is 0 Å². The van der Waals surface area contributed by atoms with Gasteiger partial charge in [-0.1, -0.05) is 29.3 Å². The monoisotopic (exact) mass is 357 g/mol. The van der Waals surface area contributed by atoms with Gasteiger partial charge >= 0.3 is 0 Å². The zero-order valence-electron chi connectivity index (χ0n) is 14.0. The summed E-state index contributed by atoms with van der Waals surface area (Å²) in [5, 5.41) is 3.61. The summed E-state index contributed by atoms with van der Waals surface area (Å²) in [5.41, 5.74) is 2.70. The summed E-state index contributed by atoms with van der Waals surface area (Å²) >= 11 is 5.82. The maximum Gasteiger partial charge on any atom is 0.220 e. The largest absolute Gasteiger partial charge is 0.493 e. The molecule has 1 atom stereocenters. The van der Waals surface area contributed by atoms with Crippen LogP contribution in [-0.4, -0.2) is 18.3 Å². The van der Waals surface area contributed by atoms with Gasteiger partial charge in [0.25, 0.3) is 0 Å². The number of carbonyl (C=O) groups excluding carboxylic acids is 2. The van der Waals surface area contributed by atoms with Crippen molar-refractivity contribution in [3.63, 3.8) is 0 Å². The molecule has 1 unspecified atom stereocenters. The molecule has 0 aromatic heterocycles. The van der Waals surface area contributed by atoms with Gasteiger partial charge in [0.15, 0.2) is 5.78 Å². The lowest BCUT2D eigenvalue weighted by molar-refractivity contribution is -0.122. The van der Waals surface area contributed by atoms with E-state index in [0.29, 0.717) is 17.2 Å². The van der Waals surface area contributed by atoms with Crippen LogP contribution in [0.3, 0.4) is 0 Å². The highest BCUT2D eigenvalue weighted by atomic mass is 35.5. The van der Waals surface area contributed by atoms with E-state index in [0.717, 1.165) is 23.3 Å². The molecule has 1 N–H and O–H groups in total. The number of nitrogens with one attached hydrogen (secondary N) is 1. The fourth-order valence-corrected chi connectivity index (χ4v) is 3.06. The predicted molar refractivity (Wildman–Crippen MR) is 97.2 cm³/mol. The molecule has 0 bridgehead atoms. The topological polar surface area (TPSA) is 55.4 Å². The number of halogens is 1. The zero-order valence-corrected chi connectivity index (χ0v) is 14.8. The Labute approximate surface area is 152 Å². The SMILES string of the molecule is Cc1ccc2c(c1)C(NC(=O)CCC(=O)c1ccc(Cl)cc1)CCO2. The molecule has 3 rings (SSSR count). The van der Waals surface area contributed by atoms with E-state index in [1.54, 1.807) is 24.3 Å². The summed E-state index contributed by atoms with van der Waals surface area (Å²) in [5.74, 6) is 0.635. The van der Waals surface area contributed by atoms with Crippen molar-refractivity contribution in [1.29, 1.82) is 0 Å². The molecule has 1 amide bonds. The first-order valence-corrected chi connectivity index (χ1v) is 8.72. The fraction of sp³-hybridized carbons (Fsp3) is 0.300. The molecule has 1 heterocycles. The molecule has 2 aromatic rings. The summed E-state index contributed by atoms with van der Waals surface area (Å²) in [6, 6.07) is 12.6. The molecule has 5 heteroatoms. The lowest BCUT2D eigenvalue weighted by Crippen LogP contribution is -2.32. The molecule has 4 nitrogen and oxygen atoms in total. The van der Waals surface area contributed by atoms with Gasteiger partial charge in [-0.2, -0.15) is 0 Å². The fourth-order valence-electron chi connectivity index (χ4n) is 2.94. The van der Waals surface area contributed by atoms with Gasteiger partial charge in [-0.15, -0.1) is 0 Å². The van der Waals surface area contributed by atoms with Crippen LogP contribution in [0.5, 0.6) is 5.75 Å². The van der Waals surface area contributed by atoms with Gasteiger partial charge in [-0.3, -0.25) is 9.59 Å². The third kappa shape index (κ3) is 4.40. The van der Waals surface area contributed by atoms with Gasteiger partial charge in [0.1, 0.15) is 5.75 Å². The van der Waals surface area contributed by atoms with Crippen molar-refractivity contribution in [3.05, 3.63) is 64.2 Å². The number of rotatable bonds is 5. The first-order valence-electron chi connectivity index (χ1n) is 8.34. The Bertz CT molecular complexity index is 786. The highest BCUT2D eigenvalue weighted by Crippen LogP contribution is 2.32. The van der Waals surface area contributed by atoms with Crippen molar-refractivity contribution in [2.24, 2.45) is 0 Å². The molecule has 25 heavy (non-hydrogen) atoms. The zero-order chi connectivity index (χ0) is 17.8. The summed E-state index contributed by atoms with van der Waals surface area (Å²) < 4.78 is 5.64. The van der Waals surface area contributed by atoms with Crippen molar-refractivity contribution >= 4 is 23.3 Å². The van der Waals surface area contributed by atoms with E-state index >= 15 is 0 Å². The molecule has 1 aliphatic heterocycles. The summed E-state index contributed by atoms with van der Waals surface area (Å²) in [7, 11) is 0. The lowest BCUT2D eigenvalue weighted by Gasteiger charge is -2.27. The maximum atomic E-state index is 12.3. The Morgan fingerprint density at radius 3 is 2.68 bits per heavy atom. The molecule has 0 spiro atoms. The Kier molecular flexibility index (Phi) is 5.39. The third-order valence-corrected chi connectivity index (χ3v) is 4.54. The minimum absolute atomic E-state index is 0.0601. The van der Waals surface area contributed by atoms with Crippen LogP contribution in [-0.2, 0) is 4.79 Å². The van der Waals surface area contributed by atoms with Gasteiger partial charge in [0, 0.05) is 35.4 Å². The van der Waals surface area contributed by atoms with Gasteiger partial charge in [-0.05, 0) is 37.3 Å². The molecule has 0 fully saturated rings. The second-order valence-corrected chi connectivity index (χ2v) is 6.67. The molecule has 0 radical (unpaired) electrons. The maximum absolute atomic E-state index is 12.3. The highest BCUT2D eigenvalue weighted by Gasteiger charge is 2.23. The minimum Gasteiger partial charge on any atom is -0.493 e. The van der Waals surface area contributed by atoms with E-state index in [2.05, 4.69) is 5.32 Å². The Morgan fingerprint density at radius 2 is 1.92 bits per heavy atom. The van der Waals surface area contributed by atoms with Crippen molar-refractivity contribution in [3.8, 4) is 5.75 Å². The minimum atomic E-state index is -0.123. The average molecular weight is 358 g/mol. The molecule has 1 aliphatic rings. The van der Waals surface area contributed by atoms with Crippen molar-refractivity contribution < 1.29 is 14.3 Å². The van der Waals surface area contributed by atoms with Crippen LogP contribution in [0.2, 0.25) is 5.02 Å². The molecular weight excluding hydrogens is 338 g/mol. The molecule has 0 saturated heterocycles. The number of carbonyl (C=O) groups is 2. The van der Waals surface area contributed by atoms with Gasteiger partial charge in [0.2, 0.25) is 5.91 Å². The van der Waals surface area contributed by atoms with E-state index in [4.69, 9.17) is 16.3 Å². The number of Topliss-reactive ketones (excluding diaryl/α,β-unsaturated/α-hetero) is 1. The van der Waals surface area contributed by atoms with E-state index < -0.39 is 0 Å².